The van der Waals surface area contributed by atoms with Crippen molar-refractivity contribution in [3.8, 4) is 0 Å². The van der Waals surface area contributed by atoms with Crippen molar-refractivity contribution in [1.29, 1.82) is 0 Å². The van der Waals surface area contributed by atoms with Crippen molar-refractivity contribution < 1.29 is 35.0 Å². The van der Waals surface area contributed by atoms with E-state index in [2.05, 4.69) is 0 Å². The van der Waals surface area contributed by atoms with Crippen molar-refractivity contribution in [3.05, 3.63) is 11.6 Å². The van der Waals surface area contributed by atoms with Gasteiger partial charge in [-0.2, -0.15) is 0 Å². The molecule has 0 saturated carbocycles. The third-order valence-electron chi connectivity index (χ3n) is 4.87. The number of ether oxygens (including phenoxy) is 2. The minimum Gasteiger partial charge on any atom is -0.394 e. The molecule has 0 aromatic rings. The molecule has 0 aromatic carbocycles. The standard InChI is InChI=1S/C16H28O7/c1-7(2)9-5-11(8(3)4-10(9)18)22-16-15(21)14(20)13(19)12(6-17)23-16/h4,7,9-21H,5-6H2,1-3H3/t9-,10-,11+,12+,13+,14-,15+,16-/m0/s1. The number of hydrogen-bond donors (Lipinski definition) is 5. The topological polar surface area (TPSA) is 120 Å². The molecule has 2 aliphatic rings. The molecule has 0 aromatic heterocycles. The van der Waals surface area contributed by atoms with E-state index in [0.717, 1.165) is 5.57 Å². The van der Waals surface area contributed by atoms with Gasteiger partial charge in [-0.25, -0.2) is 0 Å². The molecule has 8 atom stereocenters. The molecule has 1 fully saturated rings. The summed E-state index contributed by atoms with van der Waals surface area (Å²) in [5.74, 6) is 0.281. The van der Waals surface area contributed by atoms with Crippen molar-refractivity contribution in [1.82, 2.24) is 0 Å². The first-order chi connectivity index (χ1) is 10.8. The molecule has 0 radical (unpaired) electrons. The van der Waals surface area contributed by atoms with Crippen molar-refractivity contribution in [2.24, 2.45) is 11.8 Å². The highest BCUT2D eigenvalue weighted by molar-refractivity contribution is 5.14. The molecule has 5 N–H and O–H groups in total. The zero-order valence-electron chi connectivity index (χ0n) is 13.7. The quantitative estimate of drug-likeness (QED) is 0.426. The van der Waals surface area contributed by atoms with Gasteiger partial charge in [0.15, 0.2) is 6.29 Å². The van der Waals surface area contributed by atoms with Gasteiger partial charge in [-0.05, 0) is 30.8 Å². The molecule has 1 aliphatic carbocycles. The third-order valence-corrected chi connectivity index (χ3v) is 4.87. The maximum atomic E-state index is 10.1. The summed E-state index contributed by atoms with van der Waals surface area (Å²) in [5.41, 5.74) is 0.825. The Hall–Kier alpha value is -0.540. The van der Waals surface area contributed by atoms with Gasteiger partial charge in [0, 0.05) is 0 Å². The van der Waals surface area contributed by atoms with Gasteiger partial charge in [0.1, 0.15) is 24.4 Å². The van der Waals surface area contributed by atoms with Crippen LogP contribution in [0.5, 0.6) is 0 Å². The van der Waals surface area contributed by atoms with Crippen LogP contribution in [0.3, 0.4) is 0 Å². The minimum atomic E-state index is -1.45. The lowest BCUT2D eigenvalue weighted by atomic mass is 9.79. The highest BCUT2D eigenvalue weighted by atomic mass is 16.7. The second-order valence-corrected chi connectivity index (χ2v) is 6.87. The average Bonchev–Trinajstić information content (AvgIpc) is 2.49. The second-order valence-electron chi connectivity index (χ2n) is 6.87. The van der Waals surface area contributed by atoms with Crippen LogP contribution >= 0.6 is 0 Å². The largest absolute Gasteiger partial charge is 0.394 e. The number of aliphatic hydroxyl groups excluding tert-OH is 5. The van der Waals surface area contributed by atoms with Crippen molar-refractivity contribution in [2.75, 3.05) is 6.61 Å². The van der Waals surface area contributed by atoms with Gasteiger partial charge >= 0.3 is 0 Å². The SMILES string of the molecule is CC1=C[C@H](O)[C@H](C(C)C)C[C@H]1O[C@H]1O[C@H](CO)[C@@H](O)[C@H](O)[C@H]1O. The van der Waals surface area contributed by atoms with Gasteiger partial charge in [0.25, 0.3) is 0 Å². The van der Waals surface area contributed by atoms with Crippen LogP contribution in [-0.4, -0.2) is 75.1 Å². The van der Waals surface area contributed by atoms with E-state index >= 15 is 0 Å². The Morgan fingerprint density at radius 3 is 2.39 bits per heavy atom. The number of aliphatic hydroxyl groups is 5. The van der Waals surface area contributed by atoms with E-state index in [4.69, 9.17) is 9.47 Å². The Morgan fingerprint density at radius 2 is 1.83 bits per heavy atom. The summed E-state index contributed by atoms with van der Waals surface area (Å²) in [4.78, 5) is 0. The molecule has 1 saturated heterocycles. The molecular weight excluding hydrogens is 304 g/mol. The van der Waals surface area contributed by atoms with Crippen LogP contribution in [0.2, 0.25) is 0 Å². The van der Waals surface area contributed by atoms with Crippen molar-refractivity contribution >= 4 is 0 Å². The first-order valence-corrected chi connectivity index (χ1v) is 8.08. The van der Waals surface area contributed by atoms with Gasteiger partial charge in [0.2, 0.25) is 0 Å². The molecular formula is C16H28O7. The Kier molecular flexibility index (Phi) is 6.18. The molecule has 0 unspecified atom stereocenters. The van der Waals surface area contributed by atoms with Gasteiger partial charge in [-0.1, -0.05) is 19.9 Å². The maximum Gasteiger partial charge on any atom is 0.187 e. The van der Waals surface area contributed by atoms with Crippen LogP contribution in [0.1, 0.15) is 27.2 Å². The number of rotatable bonds is 4. The van der Waals surface area contributed by atoms with Crippen LogP contribution in [0.25, 0.3) is 0 Å². The van der Waals surface area contributed by atoms with E-state index in [1.807, 2.05) is 20.8 Å². The molecule has 23 heavy (non-hydrogen) atoms. The first kappa shape index (κ1) is 18.8. The fourth-order valence-corrected chi connectivity index (χ4v) is 3.24. The molecule has 134 valence electrons. The smallest absolute Gasteiger partial charge is 0.187 e. The summed E-state index contributed by atoms with van der Waals surface area (Å²) in [6.07, 6.45) is -5.01. The highest BCUT2D eigenvalue weighted by Crippen LogP contribution is 2.33. The summed E-state index contributed by atoms with van der Waals surface area (Å²) in [6.45, 7) is 5.38. The predicted octanol–water partition coefficient (Wildman–Crippen LogP) is -0.845. The molecule has 0 bridgehead atoms. The molecule has 1 heterocycles. The lowest BCUT2D eigenvalue weighted by molar-refractivity contribution is -0.310. The summed E-state index contributed by atoms with van der Waals surface area (Å²) in [5, 5.41) is 49.0. The van der Waals surface area contributed by atoms with E-state index in [1.54, 1.807) is 6.08 Å². The molecule has 7 heteroatoms. The third kappa shape index (κ3) is 3.93. The number of hydrogen-bond acceptors (Lipinski definition) is 7. The fraction of sp³-hybridized carbons (Fsp3) is 0.875. The van der Waals surface area contributed by atoms with Crippen LogP contribution in [-0.2, 0) is 9.47 Å². The fourth-order valence-electron chi connectivity index (χ4n) is 3.24. The van der Waals surface area contributed by atoms with Gasteiger partial charge in [-0.3, -0.25) is 0 Å². The molecule has 7 nitrogen and oxygen atoms in total. The Balaban J connectivity index is 2.09. The zero-order chi connectivity index (χ0) is 17.3. The second kappa shape index (κ2) is 7.57. The highest BCUT2D eigenvalue weighted by Gasteiger charge is 2.45. The van der Waals surface area contributed by atoms with E-state index in [-0.39, 0.29) is 17.9 Å². The summed E-state index contributed by atoms with van der Waals surface area (Å²) < 4.78 is 11.2. The summed E-state index contributed by atoms with van der Waals surface area (Å²) in [6, 6.07) is 0. The van der Waals surface area contributed by atoms with E-state index in [9.17, 15) is 25.5 Å². The van der Waals surface area contributed by atoms with Crippen LogP contribution in [0, 0.1) is 11.8 Å². The Bertz CT molecular complexity index is 423. The van der Waals surface area contributed by atoms with Gasteiger partial charge in [0.05, 0.1) is 18.8 Å². The van der Waals surface area contributed by atoms with Gasteiger partial charge < -0.3 is 35.0 Å². The van der Waals surface area contributed by atoms with Crippen molar-refractivity contribution in [2.45, 2.75) is 70.1 Å². The van der Waals surface area contributed by atoms with Crippen LogP contribution in [0.4, 0.5) is 0 Å². The minimum absolute atomic E-state index is 0.0218. The Morgan fingerprint density at radius 1 is 1.17 bits per heavy atom. The normalized spacial score (nSPS) is 45.2. The predicted molar refractivity (Wildman–Crippen MR) is 81.3 cm³/mol. The first-order valence-electron chi connectivity index (χ1n) is 8.08. The zero-order valence-corrected chi connectivity index (χ0v) is 13.7. The monoisotopic (exact) mass is 332 g/mol. The van der Waals surface area contributed by atoms with E-state index in [0.29, 0.717) is 6.42 Å². The molecule has 1 aliphatic heterocycles. The average molecular weight is 332 g/mol. The van der Waals surface area contributed by atoms with Crippen LogP contribution < -0.4 is 0 Å². The van der Waals surface area contributed by atoms with Crippen molar-refractivity contribution in [3.63, 3.8) is 0 Å². The van der Waals surface area contributed by atoms with E-state index < -0.39 is 43.4 Å². The Labute approximate surface area is 136 Å². The lowest BCUT2D eigenvalue weighted by Crippen LogP contribution is -2.60. The molecule has 2 rings (SSSR count). The maximum absolute atomic E-state index is 10.1. The summed E-state index contributed by atoms with van der Waals surface area (Å²) in [7, 11) is 0. The summed E-state index contributed by atoms with van der Waals surface area (Å²) >= 11 is 0. The molecule has 0 spiro atoms. The van der Waals surface area contributed by atoms with E-state index in [1.165, 1.54) is 0 Å². The lowest BCUT2D eigenvalue weighted by Gasteiger charge is -2.42. The molecule has 0 amide bonds. The van der Waals surface area contributed by atoms with Gasteiger partial charge in [-0.15, -0.1) is 0 Å². The van der Waals surface area contributed by atoms with Crippen LogP contribution in [0.15, 0.2) is 11.6 Å².